The maximum atomic E-state index is 12.1. The van der Waals surface area contributed by atoms with E-state index in [9.17, 15) is 4.79 Å². The van der Waals surface area contributed by atoms with Crippen LogP contribution in [0.3, 0.4) is 0 Å². The van der Waals surface area contributed by atoms with Gasteiger partial charge in [0, 0.05) is 37.3 Å². The Kier molecular flexibility index (Phi) is 5.25. The number of nitrogens with one attached hydrogen (secondary N) is 1. The number of hydrogen-bond donors (Lipinski definition) is 1. The van der Waals surface area contributed by atoms with Gasteiger partial charge in [0.15, 0.2) is 12.3 Å². The number of hydrogen-bond acceptors (Lipinski definition) is 5. The molecule has 0 aliphatic carbocycles. The Balaban J connectivity index is 1.48. The van der Waals surface area contributed by atoms with Crippen molar-refractivity contribution in [3.05, 3.63) is 42.1 Å². The highest BCUT2D eigenvalue weighted by Gasteiger charge is 2.17. The number of aryl methyl sites for hydroxylation is 2. The van der Waals surface area contributed by atoms with Gasteiger partial charge in [-0.25, -0.2) is 4.98 Å². The fourth-order valence-corrected chi connectivity index (χ4v) is 3.44. The smallest absolute Gasteiger partial charge is 0.258 e. The number of aromatic nitrogens is 3. The molecule has 1 aromatic carbocycles. The van der Waals surface area contributed by atoms with Gasteiger partial charge in [0.1, 0.15) is 5.75 Å². The van der Waals surface area contributed by atoms with Crippen LogP contribution < -0.4 is 10.1 Å². The highest BCUT2D eigenvalue weighted by Crippen LogP contribution is 2.31. The zero-order valence-corrected chi connectivity index (χ0v) is 16.1. The lowest BCUT2D eigenvalue weighted by Gasteiger charge is -2.13. The first kappa shape index (κ1) is 18.4. The molecule has 7 heteroatoms. The molecule has 0 saturated carbocycles. The van der Waals surface area contributed by atoms with Crippen molar-refractivity contribution in [2.24, 2.45) is 7.05 Å². The molecule has 1 atom stereocenters. The number of rotatable bonds is 6. The van der Waals surface area contributed by atoms with Crippen molar-refractivity contribution in [3.8, 4) is 17.0 Å². The van der Waals surface area contributed by atoms with Gasteiger partial charge in [-0.15, -0.1) is 0 Å². The van der Waals surface area contributed by atoms with Crippen LogP contribution in [-0.2, 0) is 16.6 Å². The molecule has 1 N–H and O–H groups in total. The molecule has 1 unspecified atom stereocenters. The topological polar surface area (TPSA) is 78.3 Å². The molecule has 3 aromatic rings. The maximum Gasteiger partial charge on any atom is 0.258 e. The molecule has 0 spiro atoms. The van der Waals surface area contributed by atoms with E-state index < -0.39 is 0 Å². The van der Waals surface area contributed by atoms with E-state index in [1.54, 1.807) is 4.68 Å². The van der Waals surface area contributed by atoms with Crippen LogP contribution in [0.4, 0.5) is 0 Å². The van der Waals surface area contributed by atoms with Crippen LogP contribution >= 0.6 is 0 Å². The van der Waals surface area contributed by atoms with Gasteiger partial charge in [0.05, 0.1) is 11.8 Å². The van der Waals surface area contributed by atoms with E-state index in [2.05, 4.69) is 15.4 Å². The number of carbonyl (C=O) groups is 1. The Morgan fingerprint density at radius 3 is 3.07 bits per heavy atom. The number of amides is 1. The van der Waals surface area contributed by atoms with Crippen LogP contribution in [0.25, 0.3) is 22.3 Å². The lowest BCUT2D eigenvalue weighted by molar-refractivity contribution is -0.123. The Bertz CT molecular complexity index is 992. The first-order valence-electron chi connectivity index (χ1n) is 9.51. The quantitative estimate of drug-likeness (QED) is 0.711. The van der Waals surface area contributed by atoms with Crippen molar-refractivity contribution in [2.45, 2.75) is 25.9 Å². The number of nitrogens with zero attached hydrogens (tertiary/aromatic N) is 3. The molecule has 1 aliphatic heterocycles. The minimum atomic E-state index is -0.158. The first-order valence-corrected chi connectivity index (χ1v) is 9.51. The largest absolute Gasteiger partial charge is 0.483 e. The predicted molar refractivity (Wildman–Crippen MR) is 106 cm³/mol. The molecule has 7 nitrogen and oxygen atoms in total. The average Bonchev–Trinajstić information content (AvgIpc) is 3.34. The van der Waals surface area contributed by atoms with Crippen LogP contribution in [0.1, 0.15) is 18.4 Å². The predicted octanol–water partition coefficient (Wildman–Crippen LogP) is 2.62. The molecule has 28 heavy (non-hydrogen) atoms. The normalized spacial score (nSPS) is 16.4. The highest BCUT2D eigenvalue weighted by atomic mass is 16.5. The summed E-state index contributed by atoms with van der Waals surface area (Å²) in [4.78, 5) is 16.8. The number of pyridine rings is 1. The SMILES string of the molecule is Cc1cc(-c2ccccc2OCC(=O)NCC2CCCO2)nc2nn(C)cc12. The molecule has 4 rings (SSSR count). The molecule has 146 valence electrons. The van der Waals surface area contributed by atoms with Crippen LogP contribution in [-0.4, -0.2) is 46.5 Å². The van der Waals surface area contributed by atoms with Gasteiger partial charge in [-0.2, -0.15) is 5.10 Å². The number of benzene rings is 1. The summed E-state index contributed by atoms with van der Waals surface area (Å²) in [6.45, 7) is 3.30. The van der Waals surface area contributed by atoms with E-state index in [4.69, 9.17) is 9.47 Å². The second-order valence-corrected chi connectivity index (χ2v) is 7.09. The Hall–Kier alpha value is -2.93. The highest BCUT2D eigenvalue weighted by molar-refractivity contribution is 5.83. The third-order valence-electron chi connectivity index (χ3n) is 4.89. The summed E-state index contributed by atoms with van der Waals surface area (Å²) in [6.07, 6.45) is 4.12. The summed E-state index contributed by atoms with van der Waals surface area (Å²) < 4.78 is 13.1. The summed E-state index contributed by atoms with van der Waals surface area (Å²) in [6, 6.07) is 9.62. The summed E-state index contributed by atoms with van der Waals surface area (Å²) in [5.41, 5.74) is 3.41. The average molecular weight is 380 g/mol. The summed E-state index contributed by atoms with van der Waals surface area (Å²) >= 11 is 0. The second-order valence-electron chi connectivity index (χ2n) is 7.09. The van der Waals surface area contributed by atoms with Gasteiger partial charge < -0.3 is 14.8 Å². The van der Waals surface area contributed by atoms with Gasteiger partial charge in [-0.3, -0.25) is 9.48 Å². The van der Waals surface area contributed by atoms with E-state index >= 15 is 0 Å². The summed E-state index contributed by atoms with van der Waals surface area (Å²) in [7, 11) is 1.88. The monoisotopic (exact) mass is 380 g/mol. The van der Waals surface area contributed by atoms with Crippen LogP contribution in [0.15, 0.2) is 36.5 Å². The third-order valence-corrected chi connectivity index (χ3v) is 4.89. The number of ether oxygens (including phenoxy) is 2. The second kappa shape index (κ2) is 7.98. The molecule has 1 saturated heterocycles. The van der Waals surface area contributed by atoms with E-state index in [0.717, 1.165) is 41.7 Å². The van der Waals surface area contributed by atoms with Gasteiger partial charge >= 0.3 is 0 Å². The number of carbonyl (C=O) groups excluding carboxylic acids is 1. The first-order chi connectivity index (χ1) is 13.6. The molecule has 3 heterocycles. The van der Waals surface area contributed by atoms with E-state index in [-0.39, 0.29) is 18.6 Å². The van der Waals surface area contributed by atoms with E-state index in [1.165, 1.54) is 0 Å². The summed E-state index contributed by atoms with van der Waals surface area (Å²) in [5, 5.41) is 8.31. The van der Waals surface area contributed by atoms with E-state index in [0.29, 0.717) is 17.9 Å². The number of para-hydroxylation sites is 1. The lowest BCUT2D eigenvalue weighted by atomic mass is 10.1. The Labute approximate surface area is 163 Å². The van der Waals surface area contributed by atoms with Crippen molar-refractivity contribution < 1.29 is 14.3 Å². The van der Waals surface area contributed by atoms with Crippen molar-refractivity contribution in [3.63, 3.8) is 0 Å². The van der Waals surface area contributed by atoms with Crippen LogP contribution in [0, 0.1) is 6.92 Å². The van der Waals surface area contributed by atoms with Gasteiger partial charge in [-0.1, -0.05) is 12.1 Å². The van der Waals surface area contributed by atoms with Gasteiger partial charge in [0.25, 0.3) is 5.91 Å². The molecule has 0 radical (unpaired) electrons. The Morgan fingerprint density at radius 1 is 1.39 bits per heavy atom. The van der Waals surface area contributed by atoms with Crippen LogP contribution in [0.5, 0.6) is 5.75 Å². The van der Waals surface area contributed by atoms with E-state index in [1.807, 2.05) is 50.5 Å². The van der Waals surface area contributed by atoms with Gasteiger partial charge in [-0.05, 0) is 43.5 Å². The minimum Gasteiger partial charge on any atom is -0.483 e. The molecular formula is C21H24N4O3. The molecule has 0 bridgehead atoms. The molecule has 1 aliphatic rings. The fraction of sp³-hybridized carbons (Fsp3) is 0.381. The van der Waals surface area contributed by atoms with Gasteiger partial charge in [0.2, 0.25) is 0 Å². The zero-order valence-electron chi connectivity index (χ0n) is 16.1. The standard InChI is InChI=1S/C21H24N4O3/c1-14-10-18(23-21-17(14)12-25(2)24-21)16-7-3-4-8-19(16)28-13-20(26)22-11-15-6-5-9-27-15/h3-4,7-8,10,12,15H,5-6,9,11,13H2,1-2H3,(H,22,26). The number of fused-ring (bicyclic) bond motifs is 1. The summed E-state index contributed by atoms with van der Waals surface area (Å²) in [5.74, 6) is 0.464. The minimum absolute atomic E-state index is 0.0471. The fourth-order valence-electron chi connectivity index (χ4n) is 3.44. The molecule has 2 aromatic heterocycles. The Morgan fingerprint density at radius 2 is 2.25 bits per heavy atom. The molecule has 1 amide bonds. The molecule has 1 fully saturated rings. The van der Waals surface area contributed by atoms with Crippen molar-refractivity contribution in [2.75, 3.05) is 19.8 Å². The van der Waals surface area contributed by atoms with Crippen molar-refractivity contribution in [1.29, 1.82) is 0 Å². The van der Waals surface area contributed by atoms with Crippen molar-refractivity contribution in [1.82, 2.24) is 20.1 Å². The van der Waals surface area contributed by atoms with Crippen LogP contribution in [0.2, 0.25) is 0 Å². The maximum absolute atomic E-state index is 12.1. The zero-order chi connectivity index (χ0) is 19.5. The molecular weight excluding hydrogens is 356 g/mol. The third kappa shape index (κ3) is 3.99. The lowest BCUT2D eigenvalue weighted by Crippen LogP contribution is -2.35. The van der Waals surface area contributed by atoms with Crippen molar-refractivity contribution >= 4 is 16.9 Å².